The fourth-order valence-corrected chi connectivity index (χ4v) is 1.02. The highest BCUT2D eigenvalue weighted by molar-refractivity contribution is 5.74. The van der Waals surface area contributed by atoms with E-state index in [-0.39, 0.29) is 11.4 Å². The van der Waals surface area contributed by atoms with E-state index < -0.39 is 0 Å². The zero-order valence-electron chi connectivity index (χ0n) is 6.47. The quantitative estimate of drug-likeness (QED) is 0.704. The largest absolute Gasteiger partial charge is 0.420 e. The summed E-state index contributed by atoms with van der Waals surface area (Å²) in [7, 11) is 1.67. The van der Waals surface area contributed by atoms with E-state index in [1.54, 1.807) is 19.2 Å². The summed E-state index contributed by atoms with van der Waals surface area (Å²) in [6, 6.07) is 4.96. The van der Waals surface area contributed by atoms with Crippen LogP contribution >= 0.6 is 0 Å². The van der Waals surface area contributed by atoms with Crippen LogP contribution in [0.1, 0.15) is 0 Å². The Bertz CT molecular complexity index is 410. The van der Waals surface area contributed by atoms with Crippen molar-refractivity contribution in [3.05, 3.63) is 24.0 Å². The maximum absolute atomic E-state index is 13.0. The van der Waals surface area contributed by atoms with Gasteiger partial charge in [-0.1, -0.05) is 6.07 Å². The Hall–Kier alpha value is -1.58. The summed E-state index contributed by atoms with van der Waals surface area (Å²) in [4.78, 5) is 3.97. The van der Waals surface area contributed by atoms with Gasteiger partial charge in [-0.15, -0.1) is 0 Å². The van der Waals surface area contributed by atoms with E-state index in [1.807, 2.05) is 0 Å². The molecule has 1 heterocycles. The second-order valence-corrected chi connectivity index (χ2v) is 2.36. The summed E-state index contributed by atoms with van der Waals surface area (Å²) in [5.74, 6) is -0.387. The Kier molecular flexibility index (Phi) is 1.46. The average Bonchev–Trinajstić information content (AvgIpc) is 2.49. The van der Waals surface area contributed by atoms with Crippen molar-refractivity contribution >= 4 is 17.1 Å². The molecule has 1 aromatic heterocycles. The first-order chi connectivity index (χ1) is 5.81. The molecule has 0 saturated carbocycles. The molecule has 0 atom stereocenters. The maximum atomic E-state index is 13.0. The molecule has 0 spiro atoms. The van der Waals surface area contributed by atoms with Gasteiger partial charge in [0.25, 0.3) is 6.01 Å². The standard InChI is InChI=1S/C8H7FN2O/c1-10-8-11-6-4-2-3-5(9)7(6)12-8/h2-4H,1H3,(H,10,11). The Balaban J connectivity index is 2.74. The number of aromatic nitrogens is 1. The van der Waals surface area contributed by atoms with E-state index >= 15 is 0 Å². The van der Waals surface area contributed by atoms with Crippen molar-refractivity contribution in [1.82, 2.24) is 4.98 Å². The molecule has 0 amide bonds. The summed E-state index contributed by atoms with van der Waals surface area (Å²) in [5, 5.41) is 2.70. The number of nitrogens with one attached hydrogen (secondary N) is 1. The summed E-state index contributed by atoms with van der Waals surface area (Å²) < 4.78 is 18.0. The van der Waals surface area contributed by atoms with Crippen LogP contribution in [-0.4, -0.2) is 12.0 Å². The Labute approximate surface area is 68.2 Å². The molecule has 0 aliphatic heterocycles. The molecule has 12 heavy (non-hydrogen) atoms. The summed E-state index contributed by atoms with van der Waals surface area (Å²) in [5.41, 5.74) is 0.723. The molecule has 62 valence electrons. The molecular formula is C8H7FN2O. The summed E-state index contributed by atoms with van der Waals surface area (Å²) >= 11 is 0. The van der Waals surface area contributed by atoms with Crippen molar-refractivity contribution in [3.63, 3.8) is 0 Å². The van der Waals surface area contributed by atoms with Crippen LogP contribution in [0.15, 0.2) is 22.6 Å². The highest BCUT2D eigenvalue weighted by Gasteiger charge is 2.07. The van der Waals surface area contributed by atoms with Crippen LogP contribution in [0.2, 0.25) is 0 Å². The number of benzene rings is 1. The topological polar surface area (TPSA) is 38.1 Å². The SMILES string of the molecule is CNc1nc2cccc(F)c2o1. The molecule has 0 saturated heterocycles. The molecule has 1 aromatic carbocycles. The Morgan fingerprint density at radius 3 is 3.00 bits per heavy atom. The monoisotopic (exact) mass is 166 g/mol. The zero-order chi connectivity index (χ0) is 8.55. The van der Waals surface area contributed by atoms with Crippen LogP contribution in [-0.2, 0) is 0 Å². The van der Waals surface area contributed by atoms with Crippen LogP contribution in [0.25, 0.3) is 11.1 Å². The van der Waals surface area contributed by atoms with Crippen molar-refractivity contribution in [2.45, 2.75) is 0 Å². The van der Waals surface area contributed by atoms with Gasteiger partial charge in [0.2, 0.25) is 0 Å². The van der Waals surface area contributed by atoms with Gasteiger partial charge in [0.05, 0.1) is 0 Å². The number of rotatable bonds is 1. The second-order valence-electron chi connectivity index (χ2n) is 2.36. The van der Waals surface area contributed by atoms with E-state index in [1.165, 1.54) is 6.07 Å². The van der Waals surface area contributed by atoms with E-state index in [2.05, 4.69) is 10.3 Å². The number of hydrogen-bond donors (Lipinski definition) is 1. The summed E-state index contributed by atoms with van der Waals surface area (Å²) in [6.45, 7) is 0. The molecule has 0 aliphatic carbocycles. The third-order valence-electron chi connectivity index (χ3n) is 1.58. The van der Waals surface area contributed by atoms with Crippen LogP contribution in [0.5, 0.6) is 0 Å². The number of halogens is 1. The molecule has 0 bridgehead atoms. The lowest BCUT2D eigenvalue weighted by Gasteiger charge is -1.86. The Morgan fingerprint density at radius 2 is 2.33 bits per heavy atom. The lowest BCUT2D eigenvalue weighted by Crippen LogP contribution is -1.85. The normalized spacial score (nSPS) is 10.5. The molecule has 1 N–H and O–H groups in total. The second kappa shape index (κ2) is 2.48. The number of nitrogens with zero attached hydrogens (tertiary/aromatic N) is 1. The van der Waals surface area contributed by atoms with Crippen molar-refractivity contribution < 1.29 is 8.81 Å². The molecule has 3 nitrogen and oxygen atoms in total. The van der Waals surface area contributed by atoms with Crippen molar-refractivity contribution in [3.8, 4) is 0 Å². The molecule has 0 fully saturated rings. The molecule has 0 radical (unpaired) electrons. The first-order valence-corrected chi connectivity index (χ1v) is 3.54. The van der Waals surface area contributed by atoms with Gasteiger partial charge in [0.1, 0.15) is 5.52 Å². The first-order valence-electron chi connectivity index (χ1n) is 3.54. The van der Waals surface area contributed by atoms with Gasteiger partial charge in [0, 0.05) is 7.05 Å². The number of anilines is 1. The van der Waals surface area contributed by atoms with Gasteiger partial charge in [-0.3, -0.25) is 0 Å². The van der Waals surface area contributed by atoms with Gasteiger partial charge in [-0.05, 0) is 12.1 Å². The minimum atomic E-state index is -0.387. The smallest absolute Gasteiger partial charge is 0.295 e. The fourth-order valence-electron chi connectivity index (χ4n) is 1.02. The fraction of sp³-hybridized carbons (Fsp3) is 0.125. The molecule has 2 rings (SSSR count). The summed E-state index contributed by atoms with van der Waals surface area (Å²) in [6.07, 6.45) is 0. The van der Waals surface area contributed by atoms with Crippen molar-refractivity contribution in [1.29, 1.82) is 0 Å². The zero-order valence-corrected chi connectivity index (χ0v) is 6.47. The molecule has 0 aliphatic rings. The lowest BCUT2D eigenvalue weighted by molar-refractivity contribution is 0.565. The van der Waals surface area contributed by atoms with Crippen LogP contribution in [0, 0.1) is 5.82 Å². The van der Waals surface area contributed by atoms with Crippen LogP contribution < -0.4 is 5.32 Å². The lowest BCUT2D eigenvalue weighted by atomic mass is 10.3. The van der Waals surface area contributed by atoms with Gasteiger partial charge in [0.15, 0.2) is 11.4 Å². The number of oxazole rings is 1. The van der Waals surface area contributed by atoms with Crippen molar-refractivity contribution in [2.75, 3.05) is 12.4 Å². The van der Waals surface area contributed by atoms with E-state index in [0.717, 1.165) is 0 Å². The first kappa shape index (κ1) is 7.09. The Morgan fingerprint density at radius 1 is 1.50 bits per heavy atom. The van der Waals surface area contributed by atoms with E-state index in [0.29, 0.717) is 11.5 Å². The third-order valence-corrected chi connectivity index (χ3v) is 1.58. The molecule has 0 unspecified atom stereocenters. The maximum Gasteiger partial charge on any atom is 0.295 e. The number of fused-ring (bicyclic) bond motifs is 1. The van der Waals surface area contributed by atoms with Crippen LogP contribution in [0.4, 0.5) is 10.4 Å². The van der Waals surface area contributed by atoms with Gasteiger partial charge >= 0.3 is 0 Å². The predicted molar refractivity (Wildman–Crippen MR) is 43.5 cm³/mol. The number of para-hydroxylation sites is 1. The minimum absolute atomic E-state index is 0.196. The highest BCUT2D eigenvalue weighted by Crippen LogP contribution is 2.20. The van der Waals surface area contributed by atoms with E-state index in [4.69, 9.17) is 4.42 Å². The van der Waals surface area contributed by atoms with Crippen molar-refractivity contribution in [2.24, 2.45) is 0 Å². The predicted octanol–water partition coefficient (Wildman–Crippen LogP) is 2.01. The molecule has 4 heteroatoms. The van der Waals surface area contributed by atoms with Crippen LogP contribution in [0.3, 0.4) is 0 Å². The van der Waals surface area contributed by atoms with Gasteiger partial charge in [-0.25, -0.2) is 4.39 Å². The number of hydrogen-bond acceptors (Lipinski definition) is 3. The molecular weight excluding hydrogens is 159 g/mol. The van der Waals surface area contributed by atoms with E-state index in [9.17, 15) is 4.39 Å². The van der Waals surface area contributed by atoms with Gasteiger partial charge in [-0.2, -0.15) is 4.98 Å². The average molecular weight is 166 g/mol. The van der Waals surface area contributed by atoms with Gasteiger partial charge < -0.3 is 9.73 Å². The minimum Gasteiger partial charge on any atom is -0.420 e. The third kappa shape index (κ3) is 0.922. The molecule has 2 aromatic rings. The highest BCUT2D eigenvalue weighted by atomic mass is 19.1.